The molecule has 10 nitrogen and oxygen atoms in total. The number of likely N-dealkylation sites (N-methyl/N-ethyl adjacent to an activating group) is 1. The molecule has 0 saturated heterocycles. The van der Waals surface area contributed by atoms with Gasteiger partial charge in [-0.15, -0.1) is 0 Å². The molecule has 0 aliphatic rings. The van der Waals surface area contributed by atoms with E-state index in [2.05, 4.69) is 5.32 Å². The van der Waals surface area contributed by atoms with Crippen molar-refractivity contribution in [3.8, 4) is 0 Å². The topological polar surface area (TPSA) is 145 Å². The number of carbonyl (C=O) groups is 3. The minimum absolute atomic E-state index is 0.0943. The number of hydrogen-bond acceptors (Lipinski definition) is 7. The summed E-state index contributed by atoms with van der Waals surface area (Å²) < 4.78 is 4.89. The number of benzene rings is 2. The highest BCUT2D eigenvalue weighted by molar-refractivity contribution is 5.97. The Balaban J connectivity index is 1.86. The van der Waals surface area contributed by atoms with Crippen LogP contribution in [0.2, 0.25) is 0 Å². The number of nitrogen functional groups attached to an aromatic ring is 1. The van der Waals surface area contributed by atoms with Crippen LogP contribution in [0.5, 0.6) is 0 Å². The quantitative estimate of drug-likeness (QED) is 0.312. The lowest BCUT2D eigenvalue weighted by Crippen LogP contribution is -2.37. The molecule has 0 aromatic heterocycles. The highest BCUT2D eigenvalue weighted by atomic mass is 16.6. The van der Waals surface area contributed by atoms with Gasteiger partial charge >= 0.3 is 5.97 Å². The molecule has 0 fully saturated rings. The van der Waals surface area contributed by atoms with E-state index in [0.717, 1.165) is 28.7 Å². The molecule has 3 N–H and O–H groups in total. The van der Waals surface area contributed by atoms with E-state index in [1.807, 2.05) is 19.1 Å². The number of nitro benzene ring substituents is 1. The number of amides is 2. The average Bonchev–Trinajstić information content (AvgIpc) is 2.67. The second kappa shape index (κ2) is 9.31. The molecule has 10 heteroatoms. The summed E-state index contributed by atoms with van der Waals surface area (Å²) in [4.78, 5) is 47.3. The molecule has 29 heavy (non-hydrogen) atoms. The number of hydrogen-bond donors (Lipinski definition) is 2. The standard InChI is InChI=1S/C19H20N4O6/c1-12-3-5-13(6-4-12)21-17(24)10-22(2)18(25)11-29-19(26)15-8-7-14(23(27)28)9-16(15)20/h3-9H,10-11,20H2,1-2H3,(H,21,24). The second-order valence-electron chi connectivity index (χ2n) is 6.27. The summed E-state index contributed by atoms with van der Waals surface area (Å²) in [5.41, 5.74) is 6.77. The van der Waals surface area contributed by atoms with E-state index in [1.54, 1.807) is 12.1 Å². The number of aryl methyl sites for hydroxylation is 1. The predicted molar refractivity (Wildman–Crippen MR) is 105 cm³/mol. The number of nitrogens with zero attached hydrogens (tertiary/aromatic N) is 2. The first-order chi connectivity index (χ1) is 13.7. The van der Waals surface area contributed by atoms with Gasteiger partial charge in [-0.3, -0.25) is 19.7 Å². The maximum Gasteiger partial charge on any atom is 0.340 e. The lowest BCUT2D eigenvalue weighted by molar-refractivity contribution is -0.384. The van der Waals surface area contributed by atoms with Gasteiger partial charge in [0.25, 0.3) is 11.6 Å². The van der Waals surface area contributed by atoms with Crippen LogP contribution in [0, 0.1) is 17.0 Å². The third-order valence-corrected chi connectivity index (χ3v) is 3.93. The Morgan fingerprint density at radius 2 is 1.83 bits per heavy atom. The Bertz CT molecular complexity index is 942. The van der Waals surface area contributed by atoms with Crippen molar-refractivity contribution in [1.82, 2.24) is 4.90 Å². The Kier molecular flexibility index (Phi) is 6.85. The smallest absolute Gasteiger partial charge is 0.340 e. The lowest BCUT2D eigenvalue weighted by atomic mass is 10.1. The number of carbonyl (C=O) groups excluding carboxylic acids is 3. The molecule has 2 aromatic rings. The molecule has 2 amide bonds. The SMILES string of the molecule is Cc1ccc(NC(=O)CN(C)C(=O)COC(=O)c2ccc([N+](=O)[O-])cc2N)cc1. The summed E-state index contributed by atoms with van der Waals surface area (Å²) in [5, 5.41) is 13.3. The van der Waals surface area contributed by atoms with Gasteiger partial charge in [0.2, 0.25) is 5.91 Å². The van der Waals surface area contributed by atoms with Crippen LogP contribution in [0.15, 0.2) is 42.5 Å². The van der Waals surface area contributed by atoms with Crippen LogP contribution in [0.4, 0.5) is 17.1 Å². The maximum atomic E-state index is 12.1. The fourth-order valence-electron chi connectivity index (χ4n) is 2.31. The van der Waals surface area contributed by atoms with Crippen molar-refractivity contribution in [2.24, 2.45) is 0 Å². The monoisotopic (exact) mass is 400 g/mol. The number of nitro groups is 1. The summed E-state index contributed by atoms with van der Waals surface area (Å²) >= 11 is 0. The third kappa shape index (κ3) is 6.03. The minimum Gasteiger partial charge on any atom is -0.452 e. The molecule has 0 aliphatic heterocycles. The molecule has 0 spiro atoms. The highest BCUT2D eigenvalue weighted by Gasteiger charge is 2.19. The molecule has 0 radical (unpaired) electrons. The molecule has 152 valence electrons. The van der Waals surface area contributed by atoms with Crippen LogP contribution in [-0.4, -0.2) is 47.8 Å². The van der Waals surface area contributed by atoms with E-state index in [9.17, 15) is 24.5 Å². The molecular formula is C19H20N4O6. The second-order valence-corrected chi connectivity index (χ2v) is 6.27. The molecule has 0 heterocycles. The number of nitrogens with two attached hydrogens (primary N) is 1. The van der Waals surface area contributed by atoms with E-state index in [1.165, 1.54) is 7.05 Å². The third-order valence-electron chi connectivity index (χ3n) is 3.93. The van der Waals surface area contributed by atoms with Crippen molar-refractivity contribution in [3.05, 3.63) is 63.7 Å². The zero-order valence-electron chi connectivity index (χ0n) is 15.9. The number of nitrogens with one attached hydrogen (secondary N) is 1. The molecule has 0 bridgehead atoms. The minimum atomic E-state index is -0.900. The van der Waals surface area contributed by atoms with E-state index < -0.39 is 29.3 Å². The molecule has 0 unspecified atom stereocenters. The summed E-state index contributed by atoms with van der Waals surface area (Å²) in [6.07, 6.45) is 0. The van der Waals surface area contributed by atoms with Crippen molar-refractivity contribution in [1.29, 1.82) is 0 Å². The summed E-state index contributed by atoms with van der Waals surface area (Å²) in [6.45, 7) is 1.08. The van der Waals surface area contributed by atoms with Gasteiger partial charge < -0.3 is 20.7 Å². The van der Waals surface area contributed by atoms with Gasteiger partial charge in [0.15, 0.2) is 6.61 Å². The van der Waals surface area contributed by atoms with Gasteiger partial charge in [0.1, 0.15) is 0 Å². The summed E-state index contributed by atoms with van der Waals surface area (Å²) in [5.74, 6) is -1.91. The molecule has 0 aliphatic carbocycles. The maximum absolute atomic E-state index is 12.1. The summed E-state index contributed by atoms with van der Waals surface area (Å²) in [6, 6.07) is 10.5. The fourth-order valence-corrected chi connectivity index (χ4v) is 2.31. The van der Waals surface area contributed by atoms with Gasteiger partial charge in [-0.05, 0) is 25.1 Å². The van der Waals surface area contributed by atoms with Gasteiger partial charge in [-0.25, -0.2) is 4.79 Å². The van der Waals surface area contributed by atoms with E-state index in [0.29, 0.717) is 5.69 Å². The zero-order valence-corrected chi connectivity index (χ0v) is 15.9. The average molecular weight is 400 g/mol. The number of anilines is 2. The fraction of sp³-hybridized carbons (Fsp3) is 0.211. The number of rotatable bonds is 7. The van der Waals surface area contributed by atoms with Gasteiger partial charge in [-0.2, -0.15) is 0 Å². The van der Waals surface area contributed by atoms with Crippen molar-refractivity contribution >= 4 is 34.8 Å². The van der Waals surface area contributed by atoms with Crippen molar-refractivity contribution in [2.75, 3.05) is 31.2 Å². The summed E-state index contributed by atoms with van der Waals surface area (Å²) in [7, 11) is 1.39. The lowest BCUT2D eigenvalue weighted by Gasteiger charge is -2.17. The van der Waals surface area contributed by atoms with Crippen LogP contribution in [-0.2, 0) is 14.3 Å². The predicted octanol–water partition coefficient (Wildman–Crippen LogP) is 1.74. The number of ether oxygens (including phenoxy) is 1. The Morgan fingerprint density at radius 3 is 2.41 bits per heavy atom. The largest absolute Gasteiger partial charge is 0.452 e. The molecule has 2 aromatic carbocycles. The van der Waals surface area contributed by atoms with E-state index in [-0.39, 0.29) is 23.5 Å². The van der Waals surface area contributed by atoms with Crippen molar-refractivity contribution in [2.45, 2.75) is 6.92 Å². The first-order valence-corrected chi connectivity index (χ1v) is 8.49. The molecule has 0 atom stereocenters. The molecule has 0 saturated carbocycles. The highest BCUT2D eigenvalue weighted by Crippen LogP contribution is 2.20. The van der Waals surface area contributed by atoms with Crippen LogP contribution >= 0.6 is 0 Å². The zero-order chi connectivity index (χ0) is 21.6. The molecule has 2 rings (SSSR count). The van der Waals surface area contributed by atoms with Crippen LogP contribution in [0.25, 0.3) is 0 Å². The van der Waals surface area contributed by atoms with Gasteiger partial charge in [-0.1, -0.05) is 17.7 Å². The van der Waals surface area contributed by atoms with Crippen molar-refractivity contribution in [3.63, 3.8) is 0 Å². The first kappa shape index (κ1) is 21.4. The van der Waals surface area contributed by atoms with Crippen LogP contribution < -0.4 is 11.1 Å². The Morgan fingerprint density at radius 1 is 1.17 bits per heavy atom. The van der Waals surface area contributed by atoms with Crippen molar-refractivity contribution < 1.29 is 24.0 Å². The molecular weight excluding hydrogens is 380 g/mol. The van der Waals surface area contributed by atoms with Gasteiger partial charge in [0.05, 0.1) is 22.7 Å². The Hall–Kier alpha value is -3.95. The Labute approximate surface area is 166 Å². The number of non-ortho nitro benzene ring substituents is 1. The van der Waals surface area contributed by atoms with Crippen LogP contribution in [0.3, 0.4) is 0 Å². The number of esters is 1. The van der Waals surface area contributed by atoms with E-state index >= 15 is 0 Å². The first-order valence-electron chi connectivity index (χ1n) is 8.49. The van der Waals surface area contributed by atoms with Crippen LogP contribution in [0.1, 0.15) is 15.9 Å². The normalized spacial score (nSPS) is 10.1. The van der Waals surface area contributed by atoms with Gasteiger partial charge in [0, 0.05) is 24.9 Å². The van der Waals surface area contributed by atoms with E-state index in [4.69, 9.17) is 10.5 Å².